The van der Waals surface area contributed by atoms with Crippen molar-refractivity contribution in [1.29, 1.82) is 0 Å². The van der Waals surface area contributed by atoms with E-state index in [2.05, 4.69) is 19.2 Å². The van der Waals surface area contributed by atoms with Crippen LogP contribution in [-0.4, -0.2) is 11.9 Å². The van der Waals surface area contributed by atoms with Crippen molar-refractivity contribution in [3.63, 3.8) is 0 Å². The summed E-state index contributed by atoms with van der Waals surface area (Å²) in [4.78, 5) is 10.8. The van der Waals surface area contributed by atoms with Gasteiger partial charge in [0.15, 0.2) is 0 Å². The zero-order valence-corrected chi connectivity index (χ0v) is 6.19. The Morgan fingerprint density at radius 3 is 2.33 bits per heavy atom. The summed E-state index contributed by atoms with van der Waals surface area (Å²) in [5.74, 6) is 0.188. The Kier molecular flexibility index (Phi) is 1.26. The molecule has 52 valence electrons. The molecule has 0 radical (unpaired) electrons. The van der Waals surface area contributed by atoms with Crippen molar-refractivity contribution in [3.05, 3.63) is 0 Å². The van der Waals surface area contributed by atoms with Gasteiger partial charge in [-0.1, -0.05) is 13.8 Å². The minimum Gasteiger partial charge on any atom is -0.353 e. The summed E-state index contributed by atoms with van der Waals surface area (Å²) < 4.78 is 0. The maximum Gasteiger partial charge on any atom is 0.220 e. The van der Waals surface area contributed by atoms with Crippen molar-refractivity contribution < 1.29 is 4.79 Å². The average molecular weight is 127 g/mol. The summed E-state index contributed by atoms with van der Waals surface area (Å²) in [6.07, 6.45) is 0.675. The molecule has 0 aromatic heterocycles. The van der Waals surface area contributed by atoms with Gasteiger partial charge < -0.3 is 5.32 Å². The van der Waals surface area contributed by atoms with Crippen LogP contribution in [-0.2, 0) is 4.79 Å². The van der Waals surface area contributed by atoms with Gasteiger partial charge in [0, 0.05) is 12.5 Å². The van der Waals surface area contributed by atoms with Crippen molar-refractivity contribution >= 4 is 5.91 Å². The lowest BCUT2D eigenvalue weighted by Crippen LogP contribution is -2.29. The van der Waals surface area contributed by atoms with Gasteiger partial charge in [0.1, 0.15) is 0 Å². The molecule has 1 atom stereocenters. The lowest BCUT2D eigenvalue weighted by molar-refractivity contribution is -0.119. The topological polar surface area (TPSA) is 29.1 Å². The van der Waals surface area contributed by atoms with E-state index in [1.165, 1.54) is 0 Å². The molecule has 1 aliphatic heterocycles. The van der Waals surface area contributed by atoms with Crippen molar-refractivity contribution in [3.8, 4) is 0 Å². The quantitative estimate of drug-likeness (QED) is 0.515. The zero-order valence-electron chi connectivity index (χ0n) is 6.19. The molecule has 1 amide bonds. The number of carbonyl (C=O) groups is 1. The third-order valence-electron chi connectivity index (χ3n) is 2.17. The minimum absolute atomic E-state index is 0.164. The SMILES string of the molecule is CC1NC(=O)CC1(C)C. The van der Waals surface area contributed by atoms with Crippen LogP contribution < -0.4 is 5.32 Å². The maximum atomic E-state index is 10.8. The van der Waals surface area contributed by atoms with Gasteiger partial charge in [0.25, 0.3) is 0 Å². The molecule has 0 spiro atoms. The van der Waals surface area contributed by atoms with E-state index in [0.29, 0.717) is 12.5 Å². The fourth-order valence-electron chi connectivity index (χ4n) is 1.05. The van der Waals surface area contributed by atoms with Crippen LogP contribution in [0.5, 0.6) is 0 Å². The van der Waals surface area contributed by atoms with Crippen LogP contribution >= 0.6 is 0 Å². The van der Waals surface area contributed by atoms with E-state index in [1.807, 2.05) is 6.92 Å². The van der Waals surface area contributed by atoms with E-state index in [4.69, 9.17) is 0 Å². The van der Waals surface area contributed by atoms with Crippen LogP contribution in [0.2, 0.25) is 0 Å². The van der Waals surface area contributed by atoms with Gasteiger partial charge >= 0.3 is 0 Å². The first-order chi connectivity index (χ1) is 4.02. The Morgan fingerprint density at radius 2 is 2.22 bits per heavy atom. The molecule has 0 aliphatic carbocycles. The Labute approximate surface area is 55.6 Å². The maximum absolute atomic E-state index is 10.8. The van der Waals surface area contributed by atoms with Crippen molar-refractivity contribution in [2.75, 3.05) is 0 Å². The standard InChI is InChI=1S/C7H13NO/c1-5-7(2,3)4-6(9)8-5/h5H,4H2,1-3H3,(H,8,9). The molecule has 1 aliphatic rings. The van der Waals surface area contributed by atoms with Gasteiger partial charge in [-0.15, -0.1) is 0 Å². The normalized spacial score (nSPS) is 32.3. The summed E-state index contributed by atoms with van der Waals surface area (Å²) in [5.41, 5.74) is 0.164. The van der Waals surface area contributed by atoms with E-state index >= 15 is 0 Å². The van der Waals surface area contributed by atoms with Crippen LogP contribution in [0.15, 0.2) is 0 Å². The van der Waals surface area contributed by atoms with Crippen LogP contribution in [0.3, 0.4) is 0 Å². The molecule has 2 nitrogen and oxygen atoms in total. The van der Waals surface area contributed by atoms with E-state index in [-0.39, 0.29) is 11.3 Å². The highest BCUT2D eigenvalue weighted by Crippen LogP contribution is 2.29. The van der Waals surface area contributed by atoms with E-state index < -0.39 is 0 Å². The van der Waals surface area contributed by atoms with E-state index in [9.17, 15) is 4.79 Å². The number of hydrogen-bond donors (Lipinski definition) is 1. The highest BCUT2D eigenvalue weighted by Gasteiger charge is 2.35. The molecule has 1 fully saturated rings. The first-order valence-electron chi connectivity index (χ1n) is 3.32. The monoisotopic (exact) mass is 127 g/mol. The Bertz CT molecular complexity index is 140. The molecular formula is C7H13NO. The molecule has 1 saturated heterocycles. The Balaban J connectivity index is 2.69. The molecule has 1 N–H and O–H groups in total. The minimum atomic E-state index is 0.164. The molecule has 1 rings (SSSR count). The summed E-state index contributed by atoms with van der Waals surface area (Å²) >= 11 is 0. The molecule has 1 heterocycles. The fourth-order valence-corrected chi connectivity index (χ4v) is 1.05. The van der Waals surface area contributed by atoms with Crippen LogP contribution in [0.25, 0.3) is 0 Å². The Hall–Kier alpha value is -0.530. The van der Waals surface area contributed by atoms with Crippen LogP contribution in [0.4, 0.5) is 0 Å². The number of carbonyl (C=O) groups excluding carboxylic acids is 1. The lowest BCUT2D eigenvalue weighted by Gasteiger charge is -2.20. The fraction of sp³-hybridized carbons (Fsp3) is 0.857. The number of nitrogens with one attached hydrogen (secondary N) is 1. The predicted molar refractivity (Wildman–Crippen MR) is 36.0 cm³/mol. The molecule has 1 unspecified atom stereocenters. The van der Waals surface area contributed by atoms with Gasteiger partial charge in [0.2, 0.25) is 5.91 Å². The lowest BCUT2D eigenvalue weighted by atomic mass is 9.86. The molecule has 0 aromatic rings. The van der Waals surface area contributed by atoms with Crippen LogP contribution in [0, 0.1) is 5.41 Å². The number of amides is 1. The Morgan fingerprint density at radius 1 is 1.67 bits per heavy atom. The van der Waals surface area contributed by atoms with Gasteiger partial charge in [-0.25, -0.2) is 0 Å². The highest BCUT2D eigenvalue weighted by molar-refractivity contribution is 5.79. The van der Waals surface area contributed by atoms with E-state index in [0.717, 1.165) is 0 Å². The smallest absolute Gasteiger partial charge is 0.220 e. The predicted octanol–water partition coefficient (Wildman–Crippen LogP) is 0.921. The van der Waals surface area contributed by atoms with Gasteiger partial charge in [-0.3, -0.25) is 4.79 Å². The molecule has 0 saturated carbocycles. The van der Waals surface area contributed by atoms with Crippen molar-refractivity contribution in [1.82, 2.24) is 5.32 Å². The number of rotatable bonds is 0. The first-order valence-corrected chi connectivity index (χ1v) is 3.32. The van der Waals surface area contributed by atoms with Crippen molar-refractivity contribution in [2.24, 2.45) is 5.41 Å². The van der Waals surface area contributed by atoms with Gasteiger partial charge in [0.05, 0.1) is 0 Å². The molecule has 0 bridgehead atoms. The molecular weight excluding hydrogens is 114 g/mol. The zero-order chi connectivity index (χ0) is 7.07. The summed E-state index contributed by atoms with van der Waals surface area (Å²) in [7, 11) is 0. The number of hydrogen-bond acceptors (Lipinski definition) is 1. The second kappa shape index (κ2) is 1.72. The summed E-state index contributed by atoms with van der Waals surface area (Å²) in [6.45, 7) is 6.26. The summed E-state index contributed by atoms with van der Waals surface area (Å²) in [6, 6.07) is 0.338. The molecule has 2 heteroatoms. The van der Waals surface area contributed by atoms with Crippen LogP contribution in [0.1, 0.15) is 27.2 Å². The van der Waals surface area contributed by atoms with Crippen molar-refractivity contribution in [2.45, 2.75) is 33.2 Å². The second-order valence-electron chi connectivity index (χ2n) is 3.45. The van der Waals surface area contributed by atoms with Gasteiger partial charge in [-0.2, -0.15) is 0 Å². The first kappa shape index (κ1) is 6.59. The largest absolute Gasteiger partial charge is 0.353 e. The molecule has 0 aromatic carbocycles. The summed E-state index contributed by atoms with van der Waals surface area (Å²) in [5, 5.41) is 2.87. The van der Waals surface area contributed by atoms with E-state index in [1.54, 1.807) is 0 Å². The van der Waals surface area contributed by atoms with Gasteiger partial charge in [-0.05, 0) is 12.3 Å². The molecule has 9 heavy (non-hydrogen) atoms. The highest BCUT2D eigenvalue weighted by atomic mass is 16.2. The third kappa shape index (κ3) is 1.07. The third-order valence-corrected chi connectivity index (χ3v) is 2.17. The average Bonchev–Trinajstić information content (AvgIpc) is 1.79. The second-order valence-corrected chi connectivity index (χ2v) is 3.45.